The van der Waals surface area contributed by atoms with Crippen molar-refractivity contribution in [2.24, 2.45) is 0 Å². The van der Waals surface area contributed by atoms with E-state index >= 15 is 0 Å². The van der Waals surface area contributed by atoms with Crippen molar-refractivity contribution < 1.29 is 9.90 Å². The largest absolute Gasteiger partial charge is 0.481 e. The van der Waals surface area contributed by atoms with Gasteiger partial charge in [-0.2, -0.15) is 10.4 Å². The zero-order valence-corrected chi connectivity index (χ0v) is 7.28. The number of carboxylic acid groups (broad SMARTS) is 1. The monoisotopic (exact) mass is 195 g/mol. The molecular formula is C7H5N3O2S. The van der Waals surface area contributed by atoms with Crippen LogP contribution in [0.1, 0.15) is 5.56 Å². The van der Waals surface area contributed by atoms with Gasteiger partial charge in [0.25, 0.3) is 0 Å². The van der Waals surface area contributed by atoms with Crippen LogP contribution in [0.5, 0.6) is 0 Å². The van der Waals surface area contributed by atoms with E-state index in [0.29, 0.717) is 10.6 Å². The first kappa shape index (κ1) is 9.48. The highest BCUT2D eigenvalue weighted by molar-refractivity contribution is 7.99. The minimum Gasteiger partial charge on any atom is -0.481 e. The Kier molecular flexibility index (Phi) is 3.23. The van der Waals surface area contributed by atoms with Crippen molar-refractivity contribution in [3.63, 3.8) is 0 Å². The molecule has 66 valence electrons. The Morgan fingerprint density at radius 3 is 3.15 bits per heavy atom. The molecule has 0 amide bonds. The normalized spacial score (nSPS) is 9.15. The molecule has 0 saturated heterocycles. The number of carboxylic acids is 1. The third-order valence-electron chi connectivity index (χ3n) is 1.14. The molecule has 0 fully saturated rings. The number of hydrogen-bond donors (Lipinski definition) is 1. The number of nitriles is 1. The molecular weight excluding hydrogens is 190 g/mol. The summed E-state index contributed by atoms with van der Waals surface area (Å²) >= 11 is 0.984. The van der Waals surface area contributed by atoms with Gasteiger partial charge in [-0.1, -0.05) is 11.8 Å². The van der Waals surface area contributed by atoms with E-state index in [4.69, 9.17) is 10.4 Å². The molecule has 0 spiro atoms. The van der Waals surface area contributed by atoms with E-state index in [1.54, 1.807) is 0 Å². The van der Waals surface area contributed by atoms with Gasteiger partial charge >= 0.3 is 5.97 Å². The summed E-state index contributed by atoms with van der Waals surface area (Å²) in [7, 11) is 0. The van der Waals surface area contributed by atoms with Crippen molar-refractivity contribution in [3.05, 3.63) is 17.8 Å². The van der Waals surface area contributed by atoms with Gasteiger partial charge in [-0.05, 0) is 6.07 Å². The second kappa shape index (κ2) is 4.42. The molecule has 0 aliphatic rings. The molecule has 13 heavy (non-hydrogen) atoms. The van der Waals surface area contributed by atoms with E-state index in [-0.39, 0.29) is 5.75 Å². The fraction of sp³-hybridized carbons (Fsp3) is 0.143. The van der Waals surface area contributed by atoms with Gasteiger partial charge in [0.1, 0.15) is 11.1 Å². The Hall–Kier alpha value is -1.61. The lowest BCUT2D eigenvalue weighted by atomic mass is 10.3. The number of aliphatic carboxylic acids is 1. The van der Waals surface area contributed by atoms with Crippen molar-refractivity contribution in [2.75, 3.05) is 5.75 Å². The van der Waals surface area contributed by atoms with Crippen molar-refractivity contribution in [3.8, 4) is 6.07 Å². The van der Waals surface area contributed by atoms with Gasteiger partial charge in [0.05, 0.1) is 17.5 Å². The summed E-state index contributed by atoms with van der Waals surface area (Å²) < 4.78 is 0. The standard InChI is InChI=1S/C7H5N3O2S/c8-3-5-1-2-9-10-7(5)13-4-6(11)12/h1-2H,4H2,(H,11,12). The number of rotatable bonds is 3. The number of thioether (sulfide) groups is 1. The van der Waals surface area contributed by atoms with Crippen molar-refractivity contribution in [1.82, 2.24) is 10.2 Å². The maximum absolute atomic E-state index is 10.2. The van der Waals surface area contributed by atoms with E-state index in [9.17, 15) is 4.79 Å². The highest BCUT2D eigenvalue weighted by Crippen LogP contribution is 2.17. The molecule has 1 aromatic rings. The van der Waals surface area contributed by atoms with Crippen LogP contribution < -0.4 is 0 Å². The van der Waals surface area contributed by atoms with Crippen molar-refractivity contribution in [2.45, 2.75) is 5.03 Å². The molecule has 1 aromatic heterocycles. The van der Waals surface area contributed by atoms with E-state index in [1.165, 1.54) is 12.3 Å². The van der Waals surface area contributed by atoms with Gasteiger partial charge in [-0.3, -0.25) is 4.79 Å². The summed E-state index contributed by atoms with van der Waals surface area (Å²) in [5, 5.41) is 24.6. The lowest BCUT2D eigenvalue weighted by Crippen LogP contribution is -1.99. The van der Waals surface area contributed by atoms with Crippen LogP contribution >= 0.6 is 11.8 Å². The highest BCUT2D eigenvalue weighted by atomic mass is 32.2. The SMILES string of the molecule is N#Cc1ccnnc1SCC(=O)O. The fourth-order valence-electron chi connectivity index (χ4n) is 0.641. The van der Waals surface area contributed by atoms with Gasteiger partial charge < -0.3 is 5.11 Å². The van der Waals surface area contributed by atoms with E-state index in [1.807, 2.05) is 6.07 Å². The molecule has 1 N–H and O–H groups in total. The molecule has 0 saturated carbocycles. The zero-order chi connectivity index (χ0) is 9.68. The van der Waals surface area contributed by atoms with E-state index < -0.39 is 5.97 Å². The highest BCUT2D eigenvalue weighted by Gasteiger charge is 2.06. The first-order valence-corrected chi connectivity index (χ1v) is 4.29. The van der Waals surface area contributed by atoms with Crippen LogP contribution in [0.4, 0.5) is 0 Å². The summed E-state index contributed by atoms with van der Waals surface area (Å²) in [6.45, 7) is 0. The topological polar surface area (TPSA) is 86.9 Å². The molecule has 0 aliphatic heterocycles. The molecule has 1 heterocycles. The second-order valence-corrected chi connectivity index (χ2v) is 3.01. The van der Waals surface area contributed by atoms with Crippen molar-refractivity contribution >= 4 is 17.7 Å². The molecule has 0 aromatic carbocycles. The number of carbonyl (C=O) groups is 1. The van der Waals surface area contributed by atoms with Crippen LogP contribution in [0.25, 0.3) is 0 Å². The van der Waals surface area contributed by atoms with Crippen LogP contribution in [-0.4, -0.2) is 27.0 Å². The zero-order valence-electron chi connectivity index (χ0n) is 6.47. The van der Waals surface area contributed by atoms with Gasteiger partial charge in [-0.15, -0.1) is 5.10 Å². The first-order chi connectivity index (χ1) is 6.24. The predicted molar refractivity (Wildman–Crippen MR) is 45.1 cm³/mol. The summed E-state index contributed by atoms with van der Waals surface area (Å²) in [5.74, 6) is -1.06. The molecule has 6 heteroatoms. The van der Waals surface area contributed by atoms with Crippen LogP contribution in [0.2, 0.25) is 0 Å². The average molecular weight is 195 g/mol. The Bertz CT molecular complexity index is 361. The molecule has 1 rings (SSSR count). The van der Waals surface area contributed by atoms with Gasteiger partial charge in [0, 0.05) is 0 Å². The molecule has 5 nitrogen and oxygen atoms in total. The molecule has 0 bridgehead atoms. The summed E-state index contributed by atoms with van der Waals surface area (Å²) in [6.07, 6.45) is 1.39. The van der Waals surface area contributed by atoms with E-state index in [2.05, 4.69) is 10.2 Å². The van der Waals surface area contributed by atoms with E-state index in [0.717, 1.165) is 11.8 Å². The number of aromatic nitrogens is 2. The third kappa shape index (κ3) is 2.72. The van der Waals surface area contributed by atoms with Gasteiger partial charge in [-0.25, -0.2) is 0 Å². The summed E-state index contributed by atoms with van der Waals surface area (Å²) in [6, 6.07) is 3.40. The average Bonchev–Trinajstić information content (AvgIpc) is 2.15. The minimum atomic E-state index is -0.945. The lowest BCUT2D eigenvalue weighted by Gasteiger charge is -1.97. The maximum Gasteiger partial charge on any atom is 0.313 e. The summed E-state index contributed by atoms with van der Waals surface area (Å²) in [4.78, 5) is 10.2. The van der Waals surface area contributed by atoms with Crippen LogP contribution in [0.3, 0.4) is 0 Å². The Balaban J connectivity index is 2.77. The number of nitrogens with zero attached hydrogens (tertiary/aromatic N) is 3. The Morgan fingerprint density at radius 2 is 2.54 bits per heavy atom. The predicted octanol–water partition coefficient (Wildman–Crippen LogP) is 0.525. The summed E-state index contributed by atoms with van der Waals surface area (Å²) in [5.41, 5.74) is 0.348. The second-order valence-electron chi connectivity index (χ2n) is 2.04. The minimum absolute atomic E-state index is 0.118. The quantitative estimate of drug-likeness (QED) is 0.707. The smallest absolute Gasteiger partial charge is 0.313 e. The Labute approximate surface area is 78.4 Å². The fourth-order valence-corrected chi connectivity index (χ4v) is 1.27. The van der Waals surface area contributed by atoms with Crippen LogP contribution in [0.15, 0.2) is 17.3 Å². The van der Waals surface area contributed by atoms with Gasteiger partial charge in [0.15, 0.2) is 0 Å². The molecule has 0 atom stereocenters. The number of hydrogen-bond acceptors (Lipinski definition) is 5. The van der Waals surface area contributed by atoms with Crippen LogP contribution in [-0.2, 0) is 4.79 Å². The van der Waals surface area contributed by atoms with Crippen molar-refractivity contribution in [1.29, 1.82) is 5.26 Å². The molecule has 0 unspecified atom stereocenters. The maximum atomic E-state index is 10.2. The molecule has 0 aliphatic carbocycles. The van der Waals surface area contributed by atoms with Gasteiger partial charge in [0.2, 0.25) is 0 Å². The Morgan fingerprint density at radius 1 is 1.77 bits per heavy atom. The molecule has 0 radical (unpaired) electrons. The third-order valence-corrected chi connectivity index (χ3v) is 2.11. The first-order valence-electron chi connectivity index (χ1n) is 3.30. The van der Waals surface area contributed by atoms with Crippen LogP contribution in [0, 0.1) is 11.3 Å². The lowest BCUT2D eigenvalue weighted by molar-refractivity contribution is -0.133.